The predicted octanol–water partition coefficient (Wildman–Crippen LogP) is 7.95. The Bertz CT molecular complexity index is 1440. The van der Waals surface area contributed by atoms with Crippen molar-refractivity contribution in [3.05, 3.63) is 83.8 Å². The van der Waals surface area contributed by atoms with Gasteiger partial charge in [-0.05, 0) is 83.5 Å². The number of nitrogens with one attached hydrogen (secondary N) is 1. The van der Waals surface area contributed by atoms with Crippen LogP contribution in [-0.4, -0.2) is 15.0 Å². The van der Waals surface area contributed by atoms with Gasteiger partial charge < -0.3 is 5.32 Å². The Kier molecular flexibility index (Phi) is 5.71. The molecule has 1 N–H and O–H groups in total. The Morgan fingerprint density at radius 3 is 2.71 bits per heavy atom. The Labute approximate surface area is 204 Å². The molecular formula is C29H28N4S. The van der Waals surface area contributed by atoms with Gasteiger partial charge in [0.2, 0.25) is 0 Å². The second-order valence-corrected chi connectivity index (χ2v) is 10.3. The first-order valence-electron chi connectivity index (χ1n) is 12.2. The zero-order chi connectivity index (χ0) is 22.9. The number of aromatic nitrogens is 3. The number of anilines is 1. The van der Waals surface area contributed by atoms with Crippen molar-refractivity contribution in [2.75, 3.05) is 5.32 Å². The van der Waals surface area contributed by atoms with Gasteiger partial charge in [0, 0.05) is 40.7 Å². The molecule has 1 aliphatic rings. The average Bonchev–Trinajstić information content (AvgIpc) is 3.27. The van der Waals surface area contributed by atoms with E-state index in [1.807, 2.05) is 18.5 Å². The molecule has 34 heavy (non-hydrogen) atoms. The van der Waals surface area contributed by atoms with Crippen LogP contribution in [0.15, 0.2) is 72.6 Å². The molecule has 5 heteroatoms. The van der Waals surface area contributed by atoms with Gasteiger partial charge in [0.25, 0.3) is 0 Å². The summed E-state index contributed by atoms with van der Waals surface area (Å²) in [6.07, 6.45) is 13.9. The van der Waals surface area contributed by atoms with E-state index in [9.17, 15) is 0 Å². The molecule has 0 spiro atoms. The molecule has 2 aromatic carbocycles. The first-order chi connectivity index (χ1) is 16.8. The number of nitrogens with zero attached hydrogens (tertiary/aromatic N) is 3. The summed E-state index contributed by atoms with van der Waals surface area (Å²) in [5.41, 5.74) is 7.82. The highest BCUT2D eigenvalue weighted by atomic mass is 32.1. The smallest absolute Gasteiger partial charge is 0.0966 e. The molecule has 4 nitrogen and oxygen atoms in total. The molecule has 1 atom stereocenters. The highest BCUT2D eigenvalue weighted by Gasteiger charge is 2.26. The van der Waals surface area contributed by atoms with Crippen LogP contribution in [0.5, 0.6) is 0 Å². The van der Waals surface area contributed by atoms with Crippen molar-refractivity contribution in [2.45, 2.75) is 45.1 Å². The van der Waals surface area contributed by atoms with Gasteiger partial charge in [0.15, 0.2) is 0 Å². The first-order valence-corrected chi connectivity index (χ1v) is 13.0. The molecule has 0 saturated heterocycles. The molecule has 3 aromatic heterocycles. The minimum atomic E-state index is 0.234. The number of hydrogen-bond acceptors (Lipinski definition) is 5. The van der Waals surface area contributed by atoms with Crippen molar-refractivity contribution >= 4 is 38.1 Å². The van der Waals surface area contributed by atoms with E-state index in [1.54, 1.807) is 23.7 Å². The van der Waals surface area contributed by atoms with Crippen LogP contribution in [-0.2, 0) is 0 Å². The Morgan fingerprint density at radius 2 is 1.85 bits per heavy atom. The summed E-state index contributed by atoms with van der Waals surface area (Å²) >= 11 is 1.80. The minimum absolute atomic E-state index is 0.234. The zero-order valence-electron chi connectivity index (χ0n) is 19.4. The van der Waals surface area contributed by atoms with E-state index in [4.69, 9.17) is 4.98 Å². The molecular weight excluding hydrogens is 436 g/mol. The van der Waals surface area contributed by atoms with Gasteiger partial charge in [0.05, 0.1) is 17.1 Å². The van der Waals surface area contributed by atoms with Gasteiger partial charge in [-0.2, -0.15) is 0 Å². The lowest BCUT2D eigenvalue weighted by Crippen LogP contribution is -2.23. The van der Waals surface area contributed by atoms with Crippen molar-refractivity contribution < 1.29 is 0 Å². The molecule has 170 valence electrons. The van der Waals surface area contributed by atoms with E-state index < -0.39 is 0 Å². The summed E-state index contributed by atoms with van der Waals surface area (Å²) < 4.78 is 1.32. The van der Waals surface area contributed by atoms with Crippen LogP contribution < -0.4 is 5.32 Å². The highest BCUT2D eigenvalue weighted by Crippen LogP contribution is 2.39. The van der Waals surface area contributed by atoms with Crippen molar-refractivity contribution in [1.82, 2.24) is 15.0 Å². The lowest BCUT2D eigenvalue weighted by Gasteiger charge is -2.32. The van der Waals surface area contributed by atoms with Crippen LogP contribution in [0, 0.1) is 12.8 Å². The minimum Gasteiger partial charge on any atom is -0.378 e. The van der Waals surface area contributed by atoms with Gasteiger partial charge in [-0.25, -0.2) is 0 Å². The standard InChI is InChI=1S/C29H28N4S/c1-19-18-34-27-10-9-21(14-24(19)27)25-15-23(16-26-29(25)32-13-12-31-26)33-28(20-6-3-2-4-7-20)22-8-5-11-30-17-22/h5,8-18,20,28,33H,2-4,6-7H2,1H3. The molecule has 0 radical (unpaired) electrons. The third kappa shape index (κ3) is 4.05. The summed E-state index contributed by atoms with van der Waals surface area (Å²) in [4.78, 5) is 13.8. The van der Waals surface area contributed by atoms with E-state index in [0.717, 1.165) is 22.3 Å². The monoisotopic (exact) mass is 464 g/mol. The van der Waals surface area contributed by atoms with E-state index >= 15 is 0 Å². The van der Waals surface area contributed by atoms with Crippen molar-refractivity contribution in [3.8, 4) is 11.1 Å². The second-order valence-electron chi connectivity index (χ2n) is 9.38. The van der Waals surface area contributed by atoms with Crippen LogP contribution >= 0.6 is 11.3 Å². The number of pyridine rings is 1. The maximum absolute atomic E-state index is 4.72. The molecule has 1 fully saturated rings. The third-order valence-corrected chi connectivity index (χ3v) is 8.22. The molecule has 1 saturated carbocycles. The number of benzene rings is 2. The fourth-order valence-electron chi connectivity index (χ4n) is 5.38. The van der Waals surface area contributed by atoms with Crippen LogP contribution in [0.1, 0.15) is 49.3 Å². The fourth-order valence-corrected chi connectivity index (χ4v) is 6.31. The third-order valence-electron chi connectivity index (χ3n) is 7.14. The van der Waals surface area contributed by atoms with Gasteiger partial charge in [-0.15, -0.1) is 11.3 Å². The lowest BCUT2D eigenvalue weighted by molar-refractivity contribution is 0.320. The summed E-state index contributed by atoms with van der Waals surface area (Å²) in [6.45, 7) is 2.18. The quantitative estimate of drug-likeness (QED) is 0.287. The number of rotatable bonds is 5. The number of aryl methyl sites for hydroxylation is 1. The SMILES string of the molecule is Cc1csc2ccc(-c3cc(NC(c4cccnc4)C4CCCCC4)cc4nccnc34)cc12. The van der Waals surface area contributed by atoms with Gasteiger partial charge in [0.1, 0.15) is 0 Å². The van der Waals surface area contributed by atoms with Crippen molar-refractivity contribution in [3.63, 3.8) is 0 Å². The molecule has 5 aromatic rings. The molecule has 0 aliphatic heterocycles. The van der Waals surface area contributed by atoms with E-state index in [1.165, 1.54) is 58.9 Å². The summed E-state index contributed by atoms with van der Waals surface area (Å²) in [6, 6.07) is 15.6. The van der Waals surface area contributed by atoms with Crippen LogP contribution in [0.3, 0.4) is 0 Å². The molecule has 1 aliphatic carbocycles. The molecule has 1 unspecified atom stereocenters. The van der Waals surface area contributed by atoms with E-state index in [2.05, 4.69) is 64.0 Å². The van der Waals surface area contributed by atoms with Crippen LogP contribution in [0.4, 0.5) is 5.69 Å². The molecule has 0 bridgehead atoms. The topological polar surface area (TPSA) is 50.7 Å². The Morgan fingerprint density at radius 1 is 0.971 bits per heavy atom. The Hall–Kier alpha value is -3.31. The van der Waals surface area contributed by atoms with Crippen LogP contribution in [0.25, 0.3) is 32.2 Å². The van der Waals surface area contributed by atoms with Gasteiger partial charge in [-0.1, -0.05) is 31.4 Å². The fraction of sp³-hybridized carbons (Fsp3) is 0.276. The van der Waals surface area contributed by atoms with E-state index in [0.29, 0.717) is 5.92 Å². The largest absolute Gasteiger partial charge is 0.378 e. The average molecular weight is 465 g/mol. The number of thiophene rings is 1. The van der Waals surface area contributed by atoms with Crippen LogP contribution in [0.2, 0.25) is 0 Å². The second kappa shape index (κ2) is 9.15. The highest BCUT2D eigenvalue weighted by molar-refractivity contribution is 7.17. The molecule has 0 amide bonds. The first kappa shape index (κ1) is 21.2. The maximum atomic E-state index is 4.72. The molecule has 3 heterocycles. The summed E-state index contributed by atoms with van der Waals surface area (Å²) in [5.74, 6) is 0.601. The summed E-state index contributed by atoms with van der Waals surface area (Å²) in [5, 5.41) is 7.45. The summed E-state index contributed by atoms with van der Waals surface area (Å²) in [7, 11) is 0. The van der Waals surface area contributed by atoms with Crippen molar-refractivity contribution in [2.24, 2.45) is 5.92 Å². The normalized spacial score (nSPS) is 15.6. The molecule has 6 rings (SSSR count). The Balaban J connectivity index is 1.45. The number of fused-ring (bicyclic) bond motifs is 2. The number of hydrogen-bond donors (Lipinski definition) is 1. The van der Waals surface area contributed by atoms with Gasteiger partial charge in [-0.3, -0.25) is 15.0 Å². The lowest BCUT2D eigenvalue weighted by atomic mass is 9.81. The zero-order valence-corrected chi connectivity index (χ0v) is 20.2. The maximum Gasteiger partial charge on any atom is 0.0966 e. The van der Waals surface area contributed by atoms with E-state index in [-0.39, 0.29) is 6.04 Å². The van der Waals surface area contributed by atoms with Gasteiger partial charge >= 0.3 is 0 Å². The predicted molar refractivity (Wildman–Crippen MR) is 142 cm³/mol. The van der Waals surface area contributed by atoms with Crippen molar-refractivity contribution in [1.29, 1.82) is 0 Å².